The predicted octanol–water partition coefficient (Wildman–Crippen LogP) is -15.3. The predicted molar refractivity (Wildman–Crippen MR) is 209 cm³/mol. The van der Waals surface area contributed by atoms with E-state index in [1.54, 1.807) is 0 Å². The summed E-state index contributed by atoms with van der Waals surface area (Å²) < 4.78 is 81.9. The summed E-state index contributed by atoms with van der Waals surface area (Å²) >= 11 is 0. The molecule has 6 aliphatic heterocycles. The summed E-state index contributed by atoms with van der Waals surface area (Å²) in [6.45, 7) is -5.70. The van der Waals surface area contributed by atoms with Crippen LogP contribution < -0.4 is 15.0 Å². The molecule has 0 aromatic carbocycles. The van der Waals surface area contributed by atoms with Crippen molar-refractivity contribution in [3.05, 3.63) is 0 Å². The second-order valence-electron chi connectivity index (χ2n) is 17.7. The lowest BCUT2D eigenvalue weighted by atomic mass is 9.96. The highest BCUT2D eigenvalue weighted by molar-refractivity contribution is 7.43. The maximum absolute atomic E-state index is 11.6. The van der Waals surface area contributed by atoms with Crippen LogP contribution in [-0.4, -0.2) is 318 Å². The van der Waals surface area contributed by atoms with Gasteiger partial charge < -0.3 is 173 Å². The molecule has 0 radical (unpaired) electrons. The number of aliphatic hydroxyl groups excluding tert-OH is 17. The molecule has 0 bridgehead atoms. The van der Waals surface area contributed by atoms with Crippen LogP contribution in [0.15, 0.2) is 0 Å². The number of methoxy groups -OCH3 is 1. The van der Waals surface area contributed by atoms with Crippen LogP contribution in [0.25, 0.3) is 0 Å². The van der Waals surface area contributed by atoms with Crippen LogP contribution in [0.5, 0.6) is 0 Å². The highest BCUT2D eigenvalue weighted by atomic mass is 31.2. The number of hydrogen-bond donors (Lipinski definition) is 17. The first kappa shape index (κ1) is 61.1. The Labute approximate surface area is 411 Å². The van der Waals surface area contributed by atoms with Crippen LogP contribution >= 0.6 is 7.82 Å². The van der Waals surface area contributed by atoms with Gasteiger partial charge in [0, 0.05) is 7.11 Å². The van der Waals surface area contributed by atoms with Crippen LogP contribution in [0.4, 0.5) is 0 Å². The third-order valence-corrected chi connectivity index (χ3v) is 13.3. The molecule has 428 valence electrons. The van der Waals surface area contributed by atoms with Gasteiger partial charge in [-0.25, -0.2) is 0 Å². The second-order valence-corrected chi connectivity index (χ2v) is 18.9. The maximum Gasteiger partial charge on any atom is 0.187 e. The Kier molecular flexibility index (Phi) is 21.9. The molecule has 6 saturated heterocycles. The van der Waals surface area contributed by atoms with E-state index in [0.29, 0.717) is 0 Å². The molecule has 0 aliphatic carbocycles. The molecule has 73 heavy (non-hydrogen) atoms. The Morgan fingerprint density at radius 1 is 0.384 bits per heavy atom. The summed E-state index contributed by atoms with van der Waals surface area (Å²) in [5, 5.41) is 192. The van der Waals surface area contributed by atoms with E-state index in [2.05, 4.69) is 9.41 Å². The van der Waals surface area contributed by atoms with Crippen molar-refractivity contribution in [1.29, 1.82) is 0 Å². The molecule has 0 saturated carbocycles. The molecule has 12 unspecified atom stereocenters. The van der Waals surface area contributed by atoms with Crippen LogP contribution in [0.2, 0.25) is 0 Å². The van der Waals surface area contributed by atoms with Crippen molar-refractivity contribution in [1.82, 2.24) is 0 Å². The zero-order valence-electron chi connectivity index (χ0n) is 38.0. The van der Waals surface area contributed by atoms with Gasteiger partial charge in [-0.15, -0.1) is 0 Å². The van der Waals surface area contributed by atoms with E-state index < -0.39 is 232 Å². The number of hydrogen-bond acceptors (Lipinski definition) is 35. The molecule has 30 atom stereocenters. The molecule has 6 rings (SSSR count). The average Bonchev–Trinajstić information content (AvgIpc) is 3.35. The summed E-state index contributed by atoms with van der Waals surface area (Å²) in [7, 11) is -4.64. The molecule has 6 aliphatic rings. The maximum atomic E-state index is 11.6. The van der Waals surface area contributed by atoms with E-state index in [0.717, 1.165) is 7.11 Å². The average molecular weight is 1100 g/mol. The number of rotatable bonds is 20. The minimum atomic E-state index is -5.68. The Morgan fingerprint density at radius 2 is 0.740 bits per heavy atom. The molecule has 6 fully saturated rings. The lowest BCUT2D eigenvalue weighted by Gasteiger charge is -2.48. The SMILES string of the molecule is CO[C@@H]1OC(CO[C@H]2OC(CO[C@H]3OC(CO)[C@@H](O)[C@H](O)C3O[C@H]3OC(CO[O-])[C@@H](O)[C@H](O)C3O)[C@@H](O)[C@H](O)C2O)[C@@H](O)[C@H](O[C@H]2OC(CO)[C@@H](O)[C@H](O)C2O[C@H]2OC(COP(=O)([O-])[O-])[C@@H](O)[C@H](O)C2O)C1O. The third kappa shape index (κ3) is 13.8. The summed E-state index contributed by atoms with van der Waals surface area (Å²) in [6.07, 6.45) is -58.5. The highest BCUT2D eigenvalue weighted by Crippen LogP contribution is 2.36. The molecular weight excluding hydrogens is 1040 g/mol. The lowest BCUT2D eigenvalue weighted by molar-refractivity contribution is -0.692. The fourth-order valence-electron chi connectivity index (χ4n) is 8.64. The molecular formula is C37H62O35P-3. The smallest absolute Gasteiger partial charge is 0.187 e. The van der Waals surface area contributed by atoms with Crippen LogP contribution in [0, 0.1) is 0 Å². The van der Waals surface area contributed by atoms with Gasteiger partial charge in [0.1, 0.15) is 146 Å². The molecule has 0 aromatic rings. The van der Waals surface area contributed by atoms with Gasteiger partial charge in [-0.3, -0.25) is 0 Å². The van der Waals surface area contributed by atoms with E-state index >= 15 is 0 Å². The summed E-state index contributed by atoms with van der Waals surface area (Å²) in [4.78, 5) is 25.9. The van der Waals surface area contributed by atoms with E-state index in [1.165, 1.54) is 0 Å². The van der Waals surface area contributed by atoms with E-state index in [1.807, 2.05) is 0 Å². The minimum absolute atomic E-state index is 0.852. The fourth-order valence-corrected chi connectivity index (χ4v) is 8.97. The molecule has 0 aromatic heterocycles. The first-order chi connectivity index (χ1) is 34.4. The number of phosphoric ester groups is 1. The minimum Gasteiger partial charge on any atom is -0.790 e. The van der Waals surface area contributed by atoms with Gasteiger partial charge in [0.05, 0.1) is 47.5 Å². The van der Waals surface area contributed by atoms with Crippen molar-refractivity contribution in [3.63, 3.8) is 0 Å². The van der Waals surface area contributed by atoms with Crippen LogP contribution in [-0.2, 0) is 70.8 Å². The van der Waals surface area contributed by atoms with E-state index in [-0.39, 0.29) is 0 Å². The normalized spacial score (nSPS) is 50.2. The zero-order chi connectivity index (χ0) is 54.0. The van der Waals surface area contributed by atoms with Crippen molar-refractivity contribution in [2.75, 3.05) is 46.8 Å². The van der Waals surface area contributed by atoms with Crippen molar-refractivity contribution in [3.8, 4) is 0 Å². The molecule has 0 spiro atoms. The van der Waals surface area contributed by atoms with Crippen molar-refractivity contribution in [2.24, 2.45) is 0 Å². The topological polar surface area (TPSA) is 559 Å². The highest BCUT2D eigenvalue weighted by Gasteiger charge is 2.56. The van der Waals surface area contributed by atoms with E-state index in [4.69, 9.17) is 56.8 Å². The standard InChI is InChI=1S/C37H65O35P/c1-59-32-28(54)29(70-37-31(24(50)15(41)9(3-39)65-37)72-35-27(53)22(48)18(44)13(69-35)7-63-73(56,57)58)19(45)11(66-32)5-60-33-25(51)20(46)16(42)10(67-33)4-61-36-30(23(49)14(40)8(2-38)64-36)71-34-26(52)21(47)17(43)12(68-34)6-62-55/h8-55H,2-7H2,1H3,(H2,56,57,58)/p-3/t8?,9?,10?,11?,12?,13?,14-,15-,16-,17-,18-,19-,20+,21+,22+,23+,24+,25?,26?,27?,28?,29+,30?,31?,32-,33+,34-,35-,36+,37-/m1/s1. The Balaban J connectivity index is 1.14. The van der Waals surface area contributed by atoms with Crippen molar-refractivity contribution < 1.29 is 173 Å². The number of phosphoric acid groups is 1. The van der Waals surface area contributed by atoms with Crippen molar-refractivity contribution in [2.45, 2.75) is 184 Å². The molecule has 36 heteroatoms. The van der Waals surface area contributed by atoms with Gasteiger partial charge in [0.15, 0.2) is 37.7 Å². The second kappa shape index (κ2) is 26.2. The van der Waals surface area contributed by atoms with Crippen molar-refractivity contribution >= 4 is 7.82 Å². The number of aliphatic hydroxyl groups is 17. The van der Waals surface area contributed by atoms with Gasteiger partial charge in [-0.1, -0.05) is 0 Å². The first-order valence-electron chi connectivity index (χ1n) is 22.4. The Hall–Kier alpha value is -1.13. The van der Waals surface area contributed by atoms with Gasteiger partial charge in [-0.2, -0.15) is 0 Å². The van der Waals surface area contributed by atoms with E-state index in [9.17, 15) is 106 Å². The lowest BCUT2D eigenvalue weighted by Crippen LogP contribution is -2.67. The summed E-state index contributed by atoms with van der Waals surface area (Å²) in [5.41, 5.74) is 0. The summed E-state index contributed by atoms with van der Waals surface area (Å²) in [6, 6.07) is 0. The van der Waals surface area contributed by atoms with Crippen LogP contribution in [0.3, 0.4) is 0 Å². The van der Waals surface area contributed by atoms with Gasteiger partial charge in [-0.05, 0) is 0 Å². The largest absolute Gasteiger partial charge is 0.790 e. The summed E-state index contributed by atoms with van der Waals surface area (Å²) in [5.74, 6) is 0. The quantitative estimate of drug-likeness (QED) is 0.0306. The van der Waals surface area contributed by atoms with Gasteiger partial charge >= 0.3 is 0 Å². The molecule has 17 N–H and O–H groups in total. The van der Waals surface area contributed by atoms with Crippen LogP contribution in [0.1, 0.15) is 0 Å². The van der Waals surface area contributed by atoms with Gasteiger partial charge in [0.2, 0.25) is 0 Å². The monoisotopic (exact) mass is 1100 g/mol. The Morgan fingerprint density at radius 3 is 1.21 bits per heavy atom. The third-order valence-electron chi connectivity index (χ3n) is 12.9. The zero-order valence-corrected chi connectivity index (χ0v) is 38.9. The molecule has 6 heterocycles. The number of ether oxygens (including phenoxy) is 12. The Bertz CT molecular complexity index is 1730. The van der Waals surface area contributed by atoms with Gasteiger partial charge in [0.25, 0.3) is 0 Å². The molecule has 35 nitrogen and oxygen atoms in total. The first-order valence-corrected chi connectivity index (χ1v) is 23.8. The molecule has 0 amide bonds. The fraction of sp³-hybridized carbons (Fsp3) is 1.00.